The van der Waals surface area contributed by atoms with Crippen molar-refractivity contribution in [3.63, 3.8) is 0 Å². The molecule has 0 saturated carbocycles. The van der Waals surface area contributed by atoms with Crippen molar-refractivity contribution >= 4 is 27.7 Å². The lowest BCUT2D eigenvalue weighted by molar-refractivity contribution is 0.0528. The number of halogens is 1. The summed E-state index contributed by atoms with van der Waals surface area (Å²) in [6.07, 6.45) is 0.352. The highest BCUT2D eigenvalue weighted by molar-refractivity contribution is 9.10. The van der Waals surface area contributed by atoms with Gasteiger partial charge in [-0.05, 0) is 45.4 Å². The Morgan fingerprint density at radius 3 is 2.67 bits per heavy atom. The van der Waals surface area contributed by atoms with Gasteiger partial charge in [0.1, 0.15) is 5.60 Å². The number of ether oxygens (including phenoxy) is 1. The fourth-order valence-electron chi connectivity index (χ4n) is 1.58. The predicted octanol–water partition coefficient (Wildman–Crippen LogP) is 3.65. The Labute approximate surface area is 133 Å². The normalized spacial score (nSPS) is 10.6. The zero-order chi connectivity index (χ0) is 15.9. The molecule has 0 aliphatic rings. The van der Waals surface area contributed by atoms with E-state index in [-0.39, 0.29) is 0 Å². The third-order valence-electron chi connectivity index (χ3n) is 2.38. The van der Waals surface area contributed by atoms with Gasteiger partial charge in [-0.15, -0.1) is 0 Å². The van der Waals surface area contributed by atoms with E-state index in [2.05, 4.69) is 32.6 Å². The highest BCUT2D eigenvalue weighted by atomic mass is 79.9. The number of hydrogen-bond donors (Lipinski definition) is 2. The van der Waals surface area contributed by atoms with Gasteiger partial charge in [-0.2, -0.15) is 5.26 Å². The third kappa shape index (κ3) is 7.57. The van der Waals surface area contributed by atoms with Crippen LogP contribution in [-0.2, 0) is 4.74 Å². The summed E-state index contributed by atoms with van der Waals surface area (Å²) in [6.45, 7) is 6.70. The molecule has 0 saturated heterocycles. The topological polar surface area (TPSA) is 74.2 Å². The van der Waals surface area contributed by atoms with Gasteiger partial charge in [0.15, 0.2) is 0 Å². The number of nitrogens with zero attached hydrogens (tertiary/aromatic N) is 1. The molecule has 114 valence electrons. The Morgan fingerprint density at radius 1 is 1.33 bits per heavy atom. The maximum atomic E-state index is 11.4. The summed E-state index contributed by atoms with van der Waals surface area (Å²) in [5.41, 5.74) is 0.990. The fraction of sp³-hybridized carbons (Fsp3) is 0.467. The minimum absolute atomic E-state index is 0.406. The van der Waals surface area contributed by atoms with Crippen LogP contribution in [0.5, 0.6) is 0 Å². The third-order valence-corrected chi connectivity index (χ3v) is 2.84. The van der Waals surface area contributed by atoms with Gasteiger partial charge in [-0.3, -0.25) is 0 Å². The summed E-state index contributed by atoms with van der Waals surface area (Å²) in [5.74, 6) is 0. The molecular formula is C15H20BrN3O2. The van der Waals surface area contributed by atoms with Crippen molar-refractivity contribution in [2.75, 3.05) is 18.4 Å². The summed E-state index contributed by atoms with van der Waals surface area (Å²) < 4.78 is 5.99. The SMILES string of the molecule is CC(C)(C)OC(=O)NCCCNc1cc(Br)cc(C#N)c1. The average Bonchev–Trinajstić information content (AvgIpc) is 2.35. The monoisotopic (exact) mass is 353 g/mol. The first-order valence-electron chi connectivity index (χ1n) is 6.71. The number of alkyl carbamates (subject to hydrolysis) is 1. The molecule has 0 radical (unpaired) electrons. The van der Waals surface area contributed by atoms with Crippen LogP contribution in [-0.4, -0.2) is 24.8 Å². The minimum Gasteiger partial charge on any atom is -0.444 e. The molecule has 0 fully saturated rings. The van der Waals surface area contributed by atoms with E-state index in [9.17, 15) is 4.79 Å². The highest BCUT2D eigenvalue weighted by Gasteiger charge is 2.15. The molecule has 5 nitrogen and oxygen atoms in total. The van der Waals surface area contributed by atoms with Crippen LogP contribution < -0.4 is 10.6 Å². The number of hydrogen-bond acceptors (Lipinski definition) is 4. The Balaban J connectivity index is 2.28. The molecular weight excluding hydrogens is 334 g/mol. The Hall–Kier alpha value is -1.74. The van der Waals surface area contributed by atoms with E-state index in [4.69, 9.17) is 10.00 Å². The molecule has 0 aromatic heterocycles. The van der Waals surface area contributed by atoms with Crippen LogP contribution in [0.15, 0.2) is 22.7 Å². The van der Waals surface area contributed by atoms with Crippen molar-refractivity contribution in [2.45, 2.75) is 32.8 Å². The summed E-state index contributed by atoms with van der Waals surface area (Å²) in [4.78, 5) is 11.4. The number of nitriles is 1. The van der Waals surface area contributed by atoms with Crippen LogP contribution in [0, 0.1) is 11.3 Å². The molecule has 1 aromatic carbocycles. The molecule has 0 heterocycles. The number of benzene rings is 1. The Morgan fingerprint density at radius 2 is 2.05 bits per heavy atom. The van der Waals surface area contributed by atoms with E-state index >= 15 is 0 Å². The van der Waals surface area contributed by atoms with Gasteiger partial charge < -0.3 is 15.4 Å². The first-order valence-corrected chi connectivity index (χ1v) is 7.51. The molecule has 1 aromatic rings. The van der Waals surface area contributed by atoms with Crippen molar-refractivity contribution in [1.82, 2.24) is 5.32 Å². The molecule has 1 amide bonds. The second-order valence-corrected chi connectivity index (χ2v) is 6.47. The Kier molecular flexibility index (Phi) is 6.50. The molecule has 0 aliphatic heterocycles. The van der Waals surface area contributed by atoms with Crippen molar-refractivity contribution in [3.8, 4) is 6.07 Å². The van der Waals surface area contributed by atoms with E-state index in [0.29, 0.717) is 18.7 Å². The van der Waals surface area contributed by atoms with Gasteiger partial charge in [0.2, 0.25) is 0 Å². The average molecular weight is 354 g/mol. The zero-order valence-electron chi connectivity index (χ0n) is 12.5. The lowest BCUT2D eigenvalue weighted by atomic mass is 10.2. The maximum absolute atomic E-state index is 11.4. The van der Waals surface area contributed by atoms with Crippen molar-refractivity contribution in [2.24, 2.45) is 0 Å². The van der Waals surface area contributed by atoms with Crippen molar-refractivity contribution < 1.29 is 9.53 Å². The Bertz CT molecular complexity index is 533. The van der Waals surface area contributed by atoms with E-state index in [0.717, 1.165) is 16.6 Å². The van der Waals surface area contributed by atoms with Gasteiger partial charge in [0, 0.05) is 23.2 Å². The molecule has 21 heavy (non-hydrogen) atoms. The number of carbonyl (C=O) groups excluding carboxylic acids is 1. The van der Waals surface area contributed by atoms with Crippen LogP contribution in [0.25, 0.3) is 0 Å². The van der Waals surface area contributed by atoms with E-state index in [1.54, 1.807) is 12.1 Å². The van der Waals surface area contributed by atoms with Crippen molar-refractivity contribution in [3.05, 3.63) is 28.2 Å². The van der Waals surface area contributed by atoms with E-state index in [1.807, 2.05) is 26.8 Å². The van der Waals surface area contributed by atoms with Gasteiger partial charge in [-0.25, -0.2) is 4.79 Å². The number of rotatable bonds is 5. The smallest absolute Gasteiger partial charge is 0.407 e. The molecule has 2 N–H and O–H groups in total. The lowest BCUT2D eigenvalue weighted by Gasteiger charge is -2.19. The van der Waals surface area contributed by atoms with E-state index < -0.39 is 11.7 Å². The number of nitrogens with one attached hydrogen (secondary N) is 2. The van der Waals surface area contributed by atoms with Gasteiger partial charge in [-0.1, -0.05) is 15.9 Å². The molecule has 0 aliphatic carbocycles. The van der Waals surface area contributed by atoms with Crippen LogP contribution in [0.4, 0.5) is 10.5 Å². The lowest BCUT2D eigenvalue weighted by Crippen LogP contribution is -2.33. The largest absolute Gasteiger partial charge is 0.444 e. The van der Waals surface area contributed by atoms with Crippen LogP contribution in [0.1, 0.15) is 32.8 Å². The molecule has 6 heteroatoms. The molecule has 0 unspecified atom stereocenters. The minimum atomic E-state index is -0.480. The first-order chi connectivity index (χ1) is 9.80. The van der Waals surface area contributed by atoms with Gasteiger partial charge in [0.05, 0.1) is 11.6 Å². The standard InChI is InChI=1S/C15H20BrN3O2/c1-15(2,3)21-14(20)19-6-4-5-18-13-8-11(10-17)7-12(16)9-13/h7-9,18H,4-6H2,1-3H3,(H,19,20). The fourth-order valence-corrected chi connectivity index (χ4v) is 2.08. The summed E-state index contributed by atoms with van der Waals surface area (Å²) in [6, 6.07) is 7.55. The molecule has 0 bridgehead atoms. The highest BCUT2D eigenvalue weighted by Crippen LogP contribution is 2.19. The zero-order valence-corrected chi connectivity index (χ0v) is 14.1. The number of amides is 1. The second kappa shape index (κ2) is 7.89. The van der Waals surface area contributed by atoms with Crippen molar-refractivity contribution in [1.29, 1.82) is 5.26 Å². The van der Waals surface area contributed by atoms with Crippen LogP contribution >= 0.6 is 15.9 Å². The van der Waals surface area contributed by atoms with Gasteiger partial charge >= 0.3 is 6.09 Å². The maximum Gasteiger partial charge on any atom is 0.407 e. The number of carbonyl (C=O) groups is 1. The van der Waals surface area contributed by atoms with Crippen LogP contribution in [0.3, 0.4) is 0 Å². The molecule has 1 rings (SSSR count). The van der Waals surface area contributed by atoms with E-state index in [1.165, 1.54) is 0 Å². The summed E-state index contributed by atoms with van der Waals surface area (Å²) >= 11 is 3.36. The quantitative estimate of drug-likeness (QED) is 0.792. The summed E-state index contributed by atoms with van der Waals surface area (Å²) in [5, 5.41) is 14.8. The first kappa shape index (κ1) is 17.3. The second-order valence-electron chi connectivity index (χ2n) is 5.55. The number of anilines is 1. The molecule has 0 atom stereocenters. The van der Waals surface area contributed by atoms with Crippen LogP contribution in [0.2, 0.25) is 0 Å². The molecule has 0 spiro atoms. The van der Waals surface area contributed by atoms with Gasteiger partial charge in [0.25, 0.3) is 0 Å². The predicted molar refractivity (Wildman–Crippen MR) is 86.2 cm³/mol. The summed E-state index contributed by atoms with van der Waals surface area (Å²) in [7, 11) is 0.